The number of amides is 1. The van der Waals surface area contributed by atoms with E-state index < -0.39 is 0 Å². The van der Waals surface area contributed by atoms with Crippen molar-refractivity contribution in [2.75, 3.05) is 6.61 Å². The van der Waals surface area contributed by atoms with Gasteiger partial charge >= 0.3 is 0 Å². The van der Waals surface area contributed by atoms with Gasteiger partial charge in [0, 0.05) is 13.5 Å². The molecule has 78 valence electrons. The summed E-state index contributed by atoms with van der Waals surface area (Å²) in [6, 6.07) is 0. The van der Waals surface area contributed by atoms with Crippen LogP contribution in [0.25, 0.3) is 0 Å². The highest BCUT2D eigenvalue weighted by molar-refractivity contribution is 5.75. The van der Waals surface area contributed by atoms with Gasteiger partial charge in [0.1, 0.15) is 0 Å². The Balaban J connectivity index is 2.13. The maximum Gasteiger partial charge on any atom is 0.234 e. The van der Waals surface area contributed by atoms with Crippen LogP contribution in [0.4, 0.5) is 0 Å². The summed E-state index contributed by atoms with van der Waals surface area (Å²) < 4.78 is 6.97. The Hall–Kier alpha value is -1.56. The fourth-order valence-electron chi connectivity index (χ4n) is 0.968. The molecule has 0 atom stereocenters. The lowest BCUT2D eigenvalue weighted by Gasteiger charge is -2.01. The third-order valence-electron chi connectivity index (χ3n) is 1.66. The number of aromatic nitrogens is 2. The lowest BCUT2D eigenvalue weighted by Crippen LogP contribution is -2.29. The van der Waals surface area contributed by atoms with Crippen LogP contribution in [-0.2, 0) is 11.8 Å². The highest BCUT2D eigenvalue weighted by Gasteiger charge is 1.99. The molecule has 0 aliphatic heterocycles. The number of nitrogens with one attached hydrogen (secondary N) is 1. The van der Waals surface area contributed by atoms with Crippen LogP contribution in [-0.4, -0.2) is 22.3 Å². The van der Waals surface area contributed by atoms with Gasteiger partial charge in [0.2, 0.25) is 5.91 Å². The van der Waals surface area contributed by atoms with Crippen molar-refractivity contribution in [2.45, 2.75) is 12.8 Å². The van der Waals surface area contributed by atoms with Gasteiger partial charge in [-0.1, -0.05) is 0 Å². The second-order valence-corrected chi connectivity index (χ2v) is 2.87. The molecule has 0 fully saturated rings. The summed E-state index contributed by atoms with van der Waals surface area (Å²) in [5.74, 6) is 5.44. The Morgan fingerprint density at radius 3 is 3.14 bits per heavy atom. The molecule has 14 heavy (non-hydrogen) atoms. The van der Waals surface area contributed by atoms with Gasteiger partial charge in [-0.05, 0) is 6.42 Å². The Morgan fingerprint density at radius 1 is 1.79 bits per heavy atom. The van der Waals surface area contributed by atoms with Crippen LogP contribution >= 0.6 is 0 Å². The first-order chi connectivity index (χ1) is 6.72. The Bertz CT molecular complexity index is 297. The van der Waals surface area contributed by atoms with Crippen LogP contribution in [0.1, 0.15) is 12.8 Å². The number of hydrogen-bond donors (Lipinski definition) is 2. The van der Waals surface area contributed by atoms with Gasteiger partial charge in [0.05, 0.1) is 19.0 Å². The van der Waals surface area contributed by atoms with E-state index in [9.17, 15) is 4.79 Å². The molecule has 0 aromatic carbocycles. The Labute approximate surface area is 82.0 Å². The molecular formula is C8H14N4O2. The predicted octanol–water partition coefficient (Wildman–Crippen LogP) is -0.431. The van der Waals surface area contributed by atoms with Gasteiger partial charge in [0.15, 0.2) is 5.75 Å². The van der Waals surface area contributed by atoms with Crippen LogP contribution in [0.3, 0.4) is 0 Å². The number of nitrogens with two attached hydrogens (primary N) is 1. The number of carbonyl (C=O) groups is 1. The van der Waals surface area contributed by atoms with Crippen molar-refractivity contribution in [2.24, 2.45) is 12.9 Å². The third-order valence-corrected chi connectivity index (χ3v) is 1.66. The quantitative estimate of drug-likeness (QED) is 0.291. The Morgan fingerprint density at radius 2 is 2.57 bits per heavy atom. The van der Waals surface area contributed by atoms with Crippen LogP contribution in [0.2, 0.25) is 0 Å². The molecule has 0 bridgehead atoms. The molecule has 0 radical (unpaired) electrons. The molecule has 0 saturated carbocycles. The van der Waals surface area contributed by atoms with Gasteiger partial charge < -0.3 is 4.74 Å². The zero-order valence-electron chi connectivity index (χ0n) is 8.06. The fourth-order valence-corrected chi connectivity index (χ4v) is 0.968. The van der Waals surface area contributed by atoms with E-state index >= 15 is 0 Å². The van der Waals surface area contributed by atoms with Crippen LogP contribution in [0.5, 0.6) is 5.75 Å². The molecule has 0 spiro atoms. The number of hydrogen-bond acceptors (Lipinski definition) is 4. The van der Waals surface area contributed by atoms with Crippen LogP contribution in [0, 0.1) is 0 Å². The predicted molar refractivity (Wildman–Crippen MR) is 50.3 cm³/mol. The SMILES string of the molecule is Cn1cc(OCCCC(=O)NN)cn1. The van der Waals surface area contributed by atoms with E-state index in [0.717, 1.165) is 0 Å². The molecule has 0 aliphatic carbocycles. The molecule has 6 heteroatoms. The van der Waals surface area contributed by atoms with Crippen molar-refractivity contribution in [3.8, 4) is 5.75 Å². The second kappa shape index (κ2) is 5.23. The van der Waals surface area contributed by atoms with Gasteiger partial charge in [-0.3, -0.25) is 14.9 Å². The highest BCUT2D eigenvalue weighted by Crippen LogP contribution is 2.07. The van der Waals surface area contributed by atoms with Gasteiger partial charge in [-0.15, -0.1) is 0 Å². The first kappa shape index (κ1) is 10.5. The largest absolute Gasteiger partial charge is 0.490 e. The minimum atomic E-state index is -0.181. The highest BCUT2D eigenvalue weighted by atomic mass is 16.5. The summed E-state index contributed by atoms with van der Waals surface area (Å²) in [7, 11) is 1.81. The monoisotopic (exact) mass is 198 g/mol. The minimum absolute atomic E-state index is 0.181. The summed E-state index contributed by atoms with van der Waals surface area (Å²) in [5.41, 5.74) is 2.06. The third kappa shape index (κ3) is 3.44. The van der Waals surface area contributed by atoms with E-state index in [-0.39, 0.29) is 5.91 Å². The smallest absolute Gasteiger partial charge is 0.234 e. The average molecular weight is 198 g/mol. The molecule has 1 amide bonds. The van der Waals surface area contributed by atoms with Crippen molar-refractivity contribution in [3.63, 3.8) is 0 Å². The lowest BCUT2D eigenvalue weighted by molar-refractivity contribution is -0.121. The molecule has 6 nitrogen and oxygen atoms in total. The van der Waals surface area contributed by atoms with E-state index in [1.165, 1.54) is 0 Å². The standard InChI is InChI=1S/C8H14N4O2/c1-12-6-7(5-10-12)14-4-2-3-8(13)11-9/h5-6H,2-4,9H2,1H3,(H,11,13). The van der Waals surface area contributed by atoms with E-state index in [1.807, 2.05) is 7.05 Å². The van der Waals surface area contributed by atoms with Crippen molar-refractivity contribution < 1.29 is 9.53 Å². The lowest BCUT2D eigenvalue weighted by atomic mass is 10.3. The number of carbonyl (C=O) groups excluding carboxylic acids is 1. The minimum Gasteiger partial charge on any atom is -0.490 e. The first-order valence-electron chi connectivity index (χ1n) is 4.33. The van der Waals surface area contributed by atoms with Gasteiger partial charge in [-0.25, -0.2) is 5.84 Å². The number of nitrogens with zero attached hydrogens (tertiary/aromatic N) is 2. The van der Waals surface area contributed by atoms with Crippen molar-refractivity contribution in [1.29, 1.82) is 0 Å². The van der Waals surface area contributed by atoms with E-state index in [0.29, 0.717) is 25.2 Å². The molecule has 1 aromatic rings. The fraction of sp³-hybridized carbons (Fsp3) is 0.500. The van der Waals surface area contributed by atoms with Crippen molar-refractivity contribution in [3.05, 3.63) is 12.4 Å². The molecule has 0 unspecified atom stereocenters. The van der Waals surface area contributed by atoms with Crippen LogP contribution in [0.15, 0.2) is 12.4 Å². The maximum absolute atomic E-state index is 10.7. The maximum atomic E-state index is 10.7. The summed E-state index contributed by atoms with van der Waals surface area (Å²) >= 11 is 0. The van der Waals surface area contributed by atoms with E-state index in [1.54, 1.807) is 17.1 Å². The topological polar surface area (TPSA) is 82.2 Å². The molecule has 1 aromatic heterocycles. The van der Waals surface area contributed by atoms with Crippen LogP contribution < -0.4 is 16.0 Å². The van der Waals surface area contributed by atoms with E-state index in [2.05, 4.69) is 10.5 Å². The Kier molecular flexibility index (Phi) is 3.93. The number of hydrazine groups is 1. The number of ether oxygens (including phenoxy) is 1. The van der Waals surface area contributed by atoms with Gasteiger partial charge in [-0.2, -0.15) is 5.10 Å². The van der Waals surface area contributed by atoms with Gasteiger partial charge in [0.25, 0.3) is 0 Å². The number of aryl methyl sites for hydroxylation is 1. The summed E-state index contributed by atoms with van der Waals surface area (Å²) in [5, 5.41) is 3.94. The molecule has 0 saturated heterocycles. The molecule has 0 aliphatic rings. The molecular weight excluding hydrogens is 184 g/mol. The summed E-state index contributed by atoms with van der Waals surface area (Å²) in [6.07, 6.45) is 4.40. The zero-order valence-corrected chi connectivity index (χ0v) is 8.06. The molecule has 3 N–H and O–H groups in total. The normalized spacial score (nSPS) is 9.86. The first-order valence-corrected chi connectivity index (χ1v) is 4.33. The molecule has 1 heterocycles. The van der Waals surface area contributed by atoms with E-state index in [4.69, 9.17) is 10.6 Å². The average Bonchev–Trinajstić information content (AvgIpc) is 2.58. The van der Waals surface area contributed by atoms with Crippen molar-refractivity contribution in [1.82, 2.24) is 15.2 Å². The summed E-state index contributed by atoms with van der Waals surface area (Å²) in [4.78, 5) is 10.7. The number of rotatable bonds is 5. The van der Waals surface area contributed by atoms with Crippen molar-refractivity contribution >= 4 is 5.91 Å². The second-order valence-electron chi connectivity index (χ2n) is 2.87. The molecule has 1 rings (SSSR count). The summed E-state index contributed by atoms with van der Waals surface area (Å²) in [6.45, 7) is 0.485. The zero-order chi connectivity index (χ0) is 10.4.